The fraction of sp³-hybridized carbons (Fsp3) is 0.304. The minimum Gasteiger partial charge on any atom is -0.370 e. The molecule has 3 aromatic rings. The van der Waals surface area contributed by atoms with Gasteiger partial charge in [-0.1, -0.05) is 48.5 Å². The van der Waals surface area contributed by atoms with Crippen LogP contribution in [-0.2, 0) is 11.8 Å². The first kappa shape index (κ1) is 20.9. The molecular weight excluding hydrogens is 394 g/mol. The summed E-state index contributed by atoms with van der Waals surface area (Å²) in [4.78, 5) is 26.6. The average Bonchev–Trinajstić information content (AvgIpc) is 2.81. The van der Waals surface area contributed by atoms with E-state index in [0.717, 1.165) is 24.4 Å². The van der Waals surface area contributed by atoms with Crippen LogP contribution >= 0.6 is 0 Å². The highest BCUT2D eigenvalue weighted by molar-refractivity contribution is 6.05. The van der Waals surface area contributed by atoms with Gasteiger partial charge in [-0.05, 0) is 13.0 Å². The number of carbonyl (C=O) groups is 1. The number of nitrogens with one attached hydrogen (secondary N) is 2. The van der Waals surface area contributed by atoms with Gasteiger partial charge in [-0.3, -0.25) is 9.59 Å². The van der Waals surface area contributed by atoms with Crippen molar-refractivity contribution in [3.05, 3.63) is 76.2 Å². The van der Waals surface area contributed by atoms with E-state index in [-0.39, 0.29) is 17.3 Å². The molecule has 1 saturated heterocycles. The molecule has 1 fully saturated rings. The van der Waals surface area contributed by atoms with Gasteiger partial charge in [0.15, 0.2) is 11.7 Å². The number of hydrazone groups is 1. The number of carbonyl (C=O) groups excluding carboxylic acids is 1. The standard InChI is InChI=1S/C23H25N5O3/c1-16(21(17-8-4-3-5-9-17)28-12-14-31-15-13-28)24-25-22(29)20-18-10-6-7-11-19(18)23(30)27(2)26-20/h3-11,21H,12-15H2,1-2H3,(H,25,29)/p+1/b24-16-/t21-/m1/s1. The predicted molar refractivity (Wildman–Crippen MR) is 118 cm³/mol. The molecule has 2 aromatic carbocycles. The number of morpholine rings is 1. The lowest BCUT2D eigenvalue weighted by molar-refractivity contribution is -0.928. The average molecular weight is 420 g/mol. The minimum absolute atomic E-state index is 0.00947. The Morgan fingerprint density at radius 2 is 1.74 bits per heavy atom. The van der Waals surface area contributed by atoms with Crippen molar-refractivity contribution in [3.8, 4) is 0 Å². The number of ether oxygens (including phenoxy) is 1. The van der Waals surface area contributed by atoms with Gasteiger partial charge in [-0.15, -0.1) is 0 Å². The maximum Gasteiger partial charge on any atom is 0.292 e. The number of nitrogens with zero attached hydrogens (tertiary/aromatic N) is 3. The van der Waals surface area contributed by atoms with E-state index in [9.17, 15) is 9.59 Å². The number of aryl methyl sites for hydroxylation is 1. The number of aromatic nitrogens is 2. The van der Waals surface area contributed by atoms with E-state index >= 15 is 0 Å². The number of hydrogen-bond acceptors (Lipinski definition) is 5. The van der Waals surface area contributed by atoms with Gasteiger partial charge in [0, 0.05) is 18.0 Å². The quantitative estimate of drug-likeness (QED) is 0.470. The zero-order valence-corrected chi connectivity index (χ0v) is 17.7. The number of amides is 1. The lowest BCUT2D eigenvalue weighted by Crippen LogP contribution is -3.15. The third-order valence-corrected chi connectivity index (χ3v) is 5.60. The molecule has 0 saturated carbocycles. The first-order chi connectivity index (χ1) is 15.1. The van der Waals surface area contributed by atoms with Crippen LogP contribution in [0.4, 0.5) is 0 Å². The maximum absolute atomic E-state index is 12.9. The monoisotopic (exact) mass is 420 g/mol. The highest BCUT2D eigenvalue weighted by Crippen LogP contribution is 2.14. The Balaban J connectivity index is 1.63. The van der Waals surface area contributed by atoms with Crippen molar-refractivity contribution in [2.75, 3.05) is 26.3 Å². The number of quaternary nitrogens is 1. The molecular formula is C23H26N5O3+. The predicted octanol–water partition coefficient (Wildman–Crippen LogP) is 0.696. The van der Waals surface area contributed by atoms with Crippen molar-refractivity contribution in [2.45, 2.75) is 13.0 Å². The van der Waals surface area contributed by atoms with E-state index in [1.807, 2.05) is 25.1 Å². The first-order valence-electron chi connectivity index (χ1n) is 10.3. The van der Waals surface area contributed by atoms with Crippen LogP contribution in [0.3, 0.4) is 0 Å². The van der Waals surface area contributed by atoms with Crippen LogP contribution in [0.15, 0.2) is 64.5 Å². The molecule has 0 bridgehead atoms. The van der Waals surface area contributed by atoms with Crippen molar-refractivity contribution >= 4 is 22.4 Å². The smallest absolute Gasteiger partial charge is 0.292 e. The zero-order chi connectivity index (χ0) is 21.8. The van der Waals surface area contributed by atoms with Gasteiger partial charge < -0.3 is 9.64 Å². The molecule has 1 aliphatic rings. The van der Waals surface area contributed by atoms with E-state index in [1.165, 1.54) is 16.6 Å². The van der Waals surface area contributed by atoms with Gasteiger partial charge in [-0.25, -0.2) is 10.1 Å². The Bertz CT molecular complexity index is 1170. The third kappa shape index (κ3) is 4.40. The summed E-state index contributed by atoms with van der Waals surface area (Å²) >= 11 is 0. The lowest BCUT2D eigenvalue weighted by atomic mass is 10.0. The van der Waals surface area contributed by atoms with Crippen LogP contribution in [0.2, 0.25) is 0 Å². The maximum atomic E-state index is 12.9. The second kappa shape index (κ2) is 9.20. The molecule has 0 radical (unpaired) electrons. The molecule has 1 amide bonds. The molecule has 4 rings (SSSR count). The Hall–Kier alpha value is -3.36. The summed E-state index contributed by atoms with van der Waals surface area (Å²) in [6, 6.07) is 17.1. The minimum atomic E-state index is -0.449. The van der Waals surface area contributed by atoms with Crippen LogP contribution in [0.5, 0.6) is 0 Å². The van der Waals surface area contributed by atoms with Gasteiger partial charge >= 0.3 is 0 Å². The van der Waals surface area contributed by atoms with Crippen molar-refractivity contribution in [3.63, 3.8) is 0 Å². The zero-order valence-electron chi connectivity index (χ0n) is 17.7. The summed E-state index contributed by atoms with van der Waals surface area (Å²) in [6.07, 6.45) is 0. The number of rotatable bonds is 5. The van der Waals surface area contributed by atoms with E-state index in [0.29, 0.717) is 24.0 Å². The molecule has 2 heterocycles. The summed E-state index contributed by atoms with van der Waals surface area (Å²) < 4.78 is 6.70. The van der Waals surface area contributed by atoms with Crippen molar-refractivity contribution in [2.24, 2.45) is 12.1 Å². The largest absolute Gasteiger partial charge is 0.370 e. The molecule has 1 aliphatic heterocycles. The van der Waals surface area contributed by atoms with E-state index in [1.54, 1.807) is 24.3 Å². The summed E-state index contributed by atoms with van der Waals surface area (Å²) in [5.74, 6) is -0.449. The van der Waals surface area contributed by atoms with Crippen LogP contribution in [-0.4, -0.2) is 47.7 Å². The van der Waals surface area contributed by atoms with Crippen LogP contribution in [0.25, 0.3) is 10.8 Å². The summed E-state index contributed by atoms with van der Waals surface area (Å²) in [7, 11) is 1.54. The second-order valence-electron chi connectivity index (χ2n) is 7.63. The second-order valence-corrected chi connectivity index (χ2v) is 7.63. The van der Waals surface area contributed by atoms with E-state index < -0.39 is 5.91 Å². The molecule has 160 valence electrons. The molecule has 8 heteroatoms. The molecule has 1 aromatic heterocycles. The number of hydrogen-bond donors (Lipinski definition) is 2. The molecule has 2 N–H and O–H groups in total. The van der Waals surface area contributed by atoms with Crippen LogP contribution in [0, 0.1) is 0 Å². The first-order valence-corrected chi connectivity index (χ1v) is 10.3. The summed E-state index contributed by atoms with van der Waals surface area (Å²) in [6.45, 7) is 5.06. The van der Waals surface area contributed by atoms with E-state index in [4.69, 9.17) is 4.74 Å². The Morgan fingerprint density at radius 3 is 2.45 bits per heavy atom. The molecule has 0 unspecified atom stereocenters. The van der Waals surface area contributed by atoms with Gasteiger partial charge in [0.25, 0.3) is 11.5 Å². The lowest BCUT2D eigenvalue weighted by Gasteiger charge is -2.31. The highest BCUT2D eigenvalue weighted by atomic mass is 16.5. The fourth-order valence-electron chi connectivity index (χ4n) is 4.06. The van der Waals surface area contributed by atoms with Crippen molar-refractivity contribution in [1.29, 1.82) is 0 Å². The van der Waals surface area contributed by atoms with Crippen LogP contribution in [0.1, 0.15) is 29.0 Å². The van der Waals surface area contributed by atoms with Crippen molar-refractivity contribution < 1.29 is 14.4 Å². The molecule has 0 aliphatic carbocycles. The summed E-state index contributed by atoms with van der Waals surface area (Å²) in [5, 5.41) is 9.57. The summed E-state index contributed by atoms with van der Waals surface area (Å²) in [5.41, 5.74) is 4.52. The van der Waals surface area contributed by atoms with Gasteiger partial charge in [0.1, 0.15) is 13.1 Å². The van der Waals surface area contributed by atoms with E-state index in [2.05, 4.69) is 27.8 Å². The SMILES string of the molecule is C/C(=N/NC(=O)c1nn(C)c(=O)c2ccccc12)[C@H](c1ccccc1)[NH+]1CCOCC1. The van der Waals surface area contributed by atoms with Gasteiger partial charge in [-0.2, -0.15) is 10.2 Å². The Morgan fingerprint density at radius 1 is 1.10 bits per heavy atom. The normalized spacial score (nSPS) is 16.3. The van der Waals surface area contributed by atoms with Gasteiger partial charge in [0.2, 0.25) is 0 Å². The third-order valence-electron chi connectivity index (χ3n) is 5.60. The number of benzene rings is 2. The van der Waals surface area contributed by atoms with Gasteiger partial charge in [0.05, 0.1) is 24.3 Å². The molecule has 0 spiro atoms. The number of fused-ring (bicyclic) bond motifs is 1. The molecule has 1 atom stereocenters. The Kier molecular flexibility index (Phi) is 6.20. The molecule has 31 heavy (non-hydrogen) atoms. The van der Waals surface area contributed by atoms with Crippen LogP contribution < -0.4 is 15.9 Å². The highest BCUT2D eigenvalue weighted by Gasteiger charge is 2.29. The molecule has 8 nitrogen and oxygen atoms in total. The van der Waals surface area contributed by atoms with Crippen molar-refractivity contribution in [1.82, 2.24) is 15.2 Å². The Labute approximate surface area is 180 Å². The topological polar surface area (TPSA) is 90.0 Å². The fourth-order valence-corrected chi connectivity index (χ4v) is 4.06.